The molecular weight excluding hydrogens is 242 g/mol. The Kier molecular flexibility index (Phi) is 4.28. The molecule has 19 heavy (non-hydrogen) atoms. The third-order valence-corrected chi connectivity index (χ3v) is 2.82. The van der Waals surface area contributed by atoms with Gasteiger partial charge in [0.15, 0.2) is 0 Å². The summed E-state index contributed by atoms with van der Waals surface area (Å²) in [5.74, 6) is 0.359. The van der Waals surface area contributed by atoms with Crippen molar-refractivity contribution in [3.8, 4) is 0 Å². The van der Waals surface area contributed by atoms with Crippen LogP contribution in [-0.2, 0) is 17.6 Å². The summed E-state index contributed by atoms with van der Waals surface area (Å²) in [4.78, 5) is 11.2. The molecule has 0 saturated carbocycles. The van der Waals surface area contributed by atoms with Crippen LogP contribution in [-0.4, -0.2) is 16.1 Å². The van der Waals surface area contributed by atoms with Gasteiger partial charge in [-0.2, -0.15) is 0 Å². The lowest BCUT2D eigenvalue weighted by Crippen LogP contribution is -2.09. The van der Waals surface area contributed by atoms with Gasteiger partial charge in [0.25, 0.3) is 0 Å². The van der Waals surface area contributed by atoms with Crippen LogP contribution < -0.4 is 5.32 Å². The molecule has 100 valence electrons. The zero-order valence-electron chi connectivity index (χ0n) is 11.1. The van der Waals surface area contributed by atoms with Crippen LogP contribution in [0.4, 0.5) is 6.01 Å². The van der Waals surface area contributed by atoms with Crippen LogP contribution in [0.2, 0.25) is 0 Å². The summed E-state index contributed by atoms with van der Waals surface area (Å²) in [6.07, 6.45) is 1.98. The first-order chi connectivity index (χ1) is 9.21. The predicted molar refractivity (Wildman–Crippen MR) is 71.8 cm³/mol. The number of aromatic nitrogens is 2. The van der Waals surface area contributed by atoms with E-state index in [9.17, 15) is 4.79 Å². The third kappa shape index (κ3) is 3.64. The maximum Gasteiger partial charge on any atom is 0.322 e. The summed E-state index contributed by atoms with van der Waals surface area (Å²) in [5, 5.41) is 10.2. The van der Waals surface area contributed by atoms with Crippen molar-refractivity contribution >= 4 is 11.9 Å². The number of hydrogen-bond donors (Lipinski definition) is 1. The smallest absolute Gasteiger partial charge is 0.322 e. The number of nitrogens with zero attached hydrogens (tertiary/aromatic N) is 2. The Morgan fingerprint density at radius 1 is 1.16 bits per heavy atom. The van der Waals surface area contributed by atoms with Crippen molar-refractivity contribution in [3.63, 3.8) is 0 Å². The van der Waals surface area contributed by atoms with E-state index >= 15 is 0 Å². The van der Waals surface area contributed by atoms with Crippen LogP contribution >= 0.6 is 0 Å². The van der Waals surface area contributed by atoms with E-state index in [0.29, 0.717) is 18.7 Å². The molecule has 0 aliphatic rings. The minimum atomic E-state index is -0.137. The normalized spacial score (nSPS) is 10.4. The van der Waals surface area contributed by atoms with E-state index < -0.39 is 0 Å². The second-order valence-electron chi connectivity index (χ2n) is 4.25. The van der Waals surface area contributed by atoms with Gasteiger partial charge in [-0.05, 0) is 17.5 Å². The Hall–Kier alpha value is -2.17. The van der Waals surface area contributed by atoms with Gasteiger partial charge in [0.05, 0.1) is 6.42 Å². The maximum absolute atomic E-state index is 11.2. The highest BCUT2D eigenvalue weighted by Crippen LogP contribution is 2.12. The van der Waals surface area contributed by atoms with Gasteiger partial charge in [-0.15, -0.1) is 5.10 Å². The second kappa shape index (κ2) is 6.13. The average Bonchev–Trinajstić information content (AvgIpc) is 2.86. The van der Waals surface area contributed by atoms with Gasteiger partial charge in [-0.1, -0.05) is 43.2 Å². The molecule has 0 saturated heterocycles. The van der Waals surface area contributed by atoms with Crippen molar-refractivity contribution < 1.29 is 9.21 Å². The van der Waals surface area contributed by atoms with Gasteiger partial charge in [-0.25, -0.2) is 0 Å². The lowest BCUT2D eigenvalue weighted by molar-refractivity contribution is -0.116. The topological polar surface area (TPSA) is 68.0 Å². The van der Waals surface area contributed by atoms with E-state index in [1.807, 2.05) is 12.1 Å². The molecule has 0 bridgehead atoms. The molecule has 5 nitrogen and oxygen atoms in total. The monoisotopic (exact) mass is 259 g/mol. The van der Waals surface area contributed by atoms with Gasteiger partial charge in [0, 0.05) is 6.42 Å². The number of carbonyl (C=O) groups is 1. The predicted octanol–water partition coefficient (Wildman–Crippen LogP) is 2.57. The van der Waals surface area contributed by atoms with Crippen molar-refractivity contribution in [2.45, 2.75) is 33.1 Å². The number of rotatable bonds is 5. The molecule has 1 aromatic carbocycles. The van der Waals surface area contributed by atoms with Crippen molar-refractivity contribution in [1.82, 2.24) is 10.2 Å². The van der Waals surface area contributed by atoms with E-state index in [1.54, 1.807) is 6.92 Å². The number of nitrogens with one attached hydrogen (secondary N) is 1. The summed E-state index contributed by atoms with van der Waals surface area (Å²) in [6, 6.07) is 8.43. The molecule has 0 radical (unpaired) electrons. The number of aryl methyl sites for hydroxylation is 1. The summed E-state index contributed by atoms with van der Waals surface area (Å²) >= 11 is 0. The molecular formula is C14H17N3O2. The molecule has 0 aliphatic heterocycles. The Bertz CT molecular complexity index is 546. The first-order valence-corrected chi connectivity index (χ1v) is 6.41. The molecule has 2 rings (SSSR count). The molecule has 0 fully saturated rings. The highest BCUT2D eigenvalue weighted by atomic mass is 16.4. The van der Waals surface area contributed by atoms with Crippen molar-refractivity contribution in [2.75, 3.05) is 5.32 Å². The van der Waals surface area contributed by atoms with E-state index in [-0.39, 0.29) is 11.9 Å². The maximum atomic E-state index is 11.2. The quantitative estimate of drug-likeness (QED) is 0.896. The SMILES string of the molecule is CCC(=O)Nc1nnc(Cc2ccc(CC)cc2)o1. The molecule has 1 N–H and O–H groups in total. The standard InChI is InChI=1S/C14H17N3O2/c1-3-10-5-7-11(8-6-10)9-13-16-17-14(19-13)15-12(18)4-2/h5-8H,3-4,9H2,1-2H3,(H,15,17,18). The van der Waals surface area contributed by atoms with Gasteiger partial charge >= 0.3 is 6.01 Å². The Labute approximate surface area is 112 Å². The minimum Gasteiger partial charge on any atom is -0.407 e. The van der Waals surface area contributed by atoms with Gasteiger partial charge in [0.2, 0.25) is 11.8 Å². The zero-order valence-corrected chi connectivity index (χ0v) is 11.1. The number of carbonyl (C=O) groups excluding carboxylic acids is 1. The second-order valence-corrected chi connectivity index (χ2v) is 4.25. The lowest BCUT2D eigenvalue weighted by Gasteiger charge is -1.99. The molecule has 0 spiro atoms. The lowest BCUT2D eigenvalue weighted by atomic mass is 10.1. The van der Waals surface area contributed by atoms with E-state index in [0.717, 1.165) is 12.0 Å². The highest BCUT2D eigenvalue weighted by molar-refractivity contribution is 5.88. The minimum absolute atomic E-state index is 0.137. The van der Waals surface area contributed by atoms with Gasteiger partial charge < -0.3 is 4.42 Å². The Morgan fingerprint density at radius 3 is 2.47 bits per heavy atom. The third-order valence-electron chi connectivity index (χ3n) is 2.82. The van der Waals surface area contributed by atoms with Crippen LogP contribution in [0.1, 0.15) is 37.3 Å². The molecule has 2 aromatic rings. The summed E-state index contributed by atoms with van der Waals surface area (Å²) in [5.41, 5.74) is 2.40. The number of benzene rings is 1. The Balaban J connectivity index is 2.00. The summed E-state index contributed by atoms with van der Waals surface area (Å²) < 4.78 is 5.36. The number of hydrogen-bond acceptors (Lipinski definition) is 4. The van der Waals surface area contributed by atoms with Crippen LogP contribution in [0.5, 0.6) is 0 Å². The van der Waals surface area contributed by atoms with E-state index in [2.05, 4.69) is 34.6 Å². The van der Waals surface area contributed by atoms with Crippen molar-refractivity contribution in [3.05, 3.63) is 41.3 Å². The van der Waals surface area contributed by atoms with Crippen LogP contribution in [0.25, 0.3) is 0 Å². The number of amides is 1. The molecule has 1 heterocycles. The first kappa shape index (κ1) is 13.3. The summed E-state index contributed by atoms with van der Waals surface area (Å²) in [6.45, 7) is 3.89. The van der Waals surface area contributed by atoms with E-state index in [1.165, 1.54) is 5.56 Å². The highest BCUT2D eigenvalue weighted by Gasteiger charge is 2.08. The first-order valence-electron chi connectivity index (χ1n) is 6.41. The largest absolute Gasteiger partial charge is 0.407 e. The fraction of sp³-hybridized carbons (Fsp3) is 0.357. The van der Waals surface area contributed by atoms with Crippen LogP contribution in [0, 0.1) is 0 Å². The van der Waals surface area contributed by atoms with Gasteiger partial charge in [0.1, 0.15) is 0 Å². The fourth-order valence-corrected chi connectivity index (χ4v) is 1.65. The Morgan fingerprint density at radius 2 is 1.84 bits per heavy atom. The molecule has 1 amide bonds. The van der Waals surface area contributed by atoms with Crippen LogP contribution in [0.3, 0.4) is 0 Å². The van der Waals surface area contributed by atoms with Crippen molar-refractivity contribution in [1.29, 1.82) is 0 Å². The molecule has 5 heteroatoms. The fourth-order valence-electron chi connectivity index (χ4n) is 1.65. The van der Waals surface area contributed by atoms with Crippen LogP contribution in [0.15, 0.2) is 28.7 Å². The average molecular weight is 259 g/mol. The zero-order chi connectivity index (χ0) is 13.7. The molecule has 0 unspecified atom stereocenters. The summed E-state index contributed by atoms with van der Waals surface area (Å²) in [7, 11) is 0. The number of anilines is 1. The van der Waals surface area contributed by atoms with E-state index in [4.69, 9.17) is 4.42 Å². The molecule has 0 atom stereocenters. The molecule has 0 aliphatic carbocycles. The van der Waals surface area contributed by atoms with Gasteiger partial charge in [-0.3, -0.25) is 10.1 Å². The van der Waals surface area contributed by atoms with Crippen molar-refractivity contribution in [2.24, 2.45) is 0 Å². The molecule has 1 aromatic heterocycles.